The molecule has 0 fully saturated rings. The van der Waals surface area contributed by atoms with Crippen LogP contribution in [0, 0.1) is 0 Å². The first-order valence-electron chi connectivity index (χ1n) is 9.08. The van der Waals surface area contributed by atoms with Crippen molar-refractivity contribution in [2.24, 2.45) is 0 Å². The molecule has 0 saturated carbocycles. The smallest absolute Gasteiger partial charge is 0.274 e. The van der Waals surface area contributed by atoms with E-state index in [0.717, 1.165) is 5.56 Å². The average molecular weight is 472 g/mol. The summed E-state index contributed by atoms with van der Waals surface area (Å²) in [7, 11) is 0. The Kier molecular flexibility index (Phi) is 6.76. The van der Waals surface area contributed by atoms with Crippen molar-refractivity contribution in [3.05, 3.63) is 88.2 Å². The predicted octanol–water partition coefficient (Wildman–Crippen LogP) is 3.98. The van der Waals surface area contributed by atoms with Gasteiger partial charge in [-0.3, -0.25) is 9.78 Å². The van der Waals surface area contributed by atoms with Gasteiger partial charge < -0.3 is 5.32 Å². The van der Waals surface area contributed by atoms with Gasteiger partial charge in [-0.05, 0) is 42.0 Å². The van der Waals surface area contributed by atoms with Gasteiger partial charge in [-0.1, -0.05) is 40.2 Å². The summed E-state index contributed by atoms with van der Waals surface area (Å²) in [4.78, 5) is 25.3. The highest BCUT2D eigenvalue weighted by Gasteiger charge is 2.21. The summed E-state index contributed by atoms with van der Waals surface area (Å²) >= 11 is 13.7. The molecule has 0 saturated heterocycles. The number of benzene rings is 1. The number of nitrogens with one attached hydrogen (secondary N) is 1. The summed E-state index contributed by atoms with van der Waals surface area (Å²) in [6.45, 7) is 0.339. The number of thioether (sulfide) groups is 1. The number of hydrogen-bond donors (Lipinski definition) is 1. The van der Waals surface area contributed by atoms with E-state index < -0.39 is 0 Å². The minimum absolute atomic E-state index is 0.202. The molecule has 0 spiro atoms. The van der Waals surface area contributed by atoms with E-state index in [1.165, 1.54) is 11.8 Å². The third-order valence-corrected chi connectivity index (χ3v) is 5.48. The Morgan fingerprint density at radius 2 is 1.74 bits per heavy atom. The fourth-order valence-corrected chi connectivity index (χ4v) is 4.05. The average Bonchev–Trinajstić information content (AvgIpc) is 3.21. The normalized spacial score (nSPS) is 10.8. The monoisotopic (exact) mass is 471 g/mol. The molecule has 0 bridgehead atoms. The SMILES string of the molecule is O=C(NCc1ccncc1)c1nnn(-c2cc(Cl)cc(Cl)c2)c1CSc1ncccn1. The zero-order valence-electron chi connectivity index (χ0n) is 15.9. The lowest BCUT2D eigenvalue weighted by Gasteiger charge is -2.09. The quantitative estimate of drug-likeness (QED) is 0.321. The van der Waals surface area contributed by atoms with Crippen molar-refractivity contribution in [2.45, 2.75) is 17.5 Å². The van der Waals surface area contributed by atoms with E-state index in [2.05, 4.69) is 30.6 Å². The van der Waals surface area contributed by atoms with E-state index in [-0.39, 0.29) is 11.6 Å². The van der Waals surface area contributed by atoms with Crippen LogP contribution in [0.25, 0.3) is 5.69 Å². The van der Waals surface area contributed by atoms with Gasteiger partial charge in [0.25, 0.3) is 5.91 Å². The van der Waals surface area contributed by atoms with Gasteiger partial charge in [0.15, 0.2) is 10.9 Å². The van der Waals surface area contributed by atoms with Gasteiger partial charge in [0.1, 0.15) is 0 Å². The topological polar surface area (TPSA) is 98.5 Å². The second-order valence-corrected chi connectivity index (χ2v) is 8.10. The molecular weight excluding hydrogens is 457 g/mol. The fourth-order valence-electron chi connectivity index (χ4n) is 2.74. The van der Waals surface area contributed by atoms with Crippen LogP contribution in [0.4, 0.5) is 0 Å². The molecule has 1 N–H and O–H groups in total. The first-order valence-corrected chi connectivity index (χ1v) is 10.8. The molecule has 4 aromatic rings. The van der Waals surface area contributed by atoms with Gasteiger partial charge in [0.05, 0.1) is 11.4 Å². The zero-order chi connectivity index (χ0) is 21.6. The van der Waals surface area contributed by atoms with E-state index in [9.17, 15) is 4.79 Å². The van der Waals surface area contributed by atoms with Crippen LogP contribution in [0.3, 0.4) is 0 Å². The van der Waals surface area contributed by atoms with Gasteiger partial charge >= 0.3 is 0 Å². The standard InChI is InChI=1S/C20H15Cl2N7OS/c21-14-8-15(22)10-16(9-14)29-17(12-31-20-24-4-1-5-25-20)18(27-28-29)19(30)26-11-13-2-6-23-7-3-13/h1-10H,11-12H2,(H,26,30). The van der Waals surface area contributed by atoms with Crippen molar-refractivity contribution in [1.29, 1.82) is 0 Å². The van der Waals surface area contributed by atoms with Gasteiger partial charge in [-0.2, -0.15) is 0 Å². The molecule has 8 nitrogen and oxygen atoms in total. The van der Waals surface area contributed by atoms with Crippen molar-refractivity contribution in [3.8, 4) is 5.69 Å². The molecule has 1 amide bonds. The molecule has 0 radical (unpaired) electrons. The van der Waals surface area contributed by atoms with Gasteiger partial charge in [0, 0.05) is 47.1 Å². The maximum absolute atomic E-state index is 12.9. The molecule has 0 atom stereocenters. The number of carbonyl (C=O) groups excluding carboxylic acids is 1. The molecule has 0 aliphatic heterocycles. The number of nitrogens with zero attached hydrogens (tertiary/aromatic N) is 6. The molecule has 3 heterocycles. The van der Waals surface area contributed by atoms with Crippen LogP contribution in [0.5, 0.6) is 0 Å². The molecule has 0 aliphatic carbocycles. The molecular formula is C20H15Cl2N7OS. The highest BCUT2D eigenvalue weighted by molar-refractivity contribution is 7.98. The van der Waals surface area contributed by atoms with E-state index in [1.54, 1.807) is 53.7 Å². The van der Waals surface area contributed by atoms with Crippen LogP contribution in [-0.2, 0) is 12.3 Å². The third-order valence-electron chi connectivity index (χ3n) is 4.15. The van der Waals surface area contributed by atoms with E-state index in [4.69, 9.17) is 23.2 Å². The van der Waals surface area contributed by atoms with Crippen LogP contribution in [0.2, 0.25) is 10.0 Å². The lowest BCUT2D eigenvalue weighted by atomic mass is 10.2. The lowest BCUT2D eigenvalue weighted by Crippen LogP contribution is -2.24. The van der Waals surface area contributed by atoms with E-state index >= 15 is 0 Å². The summed E-state index contributed by atoms with van der Waals surface area (Å²) in [6, 6.07) is 10.4. The Morgan fingerprint density at radius 1 is 1.03 bits per heavy atom. The minimum atomic E-state index is -0.347. The predicted molar refractivity (Wildman–Crippen MR) is 118 cm³/mol. The number of halogens is 2. The largest absolute Gasteiger partial charge is 0.347 e. The molecule has 3 aromatic heterocycles. The van der Waals surface area contributed by atoms with Crippen LogP contribution < -0.4 is 5.32 Å². The summed E-state index contributed by atoms with van der Waals surface area (Å²) in [5.41, 5.74) is 2.30. The van der Waals surface area contributed by atoms with Crippen LogP contribution in [0.1, 0.15) is 21.7 Å². The van der Waals surface area contributed by atoms with Crippen molar-refractivity contribution in [2.75, 3.05) is 0 Å². The van der Waals surface area contributed by atoms with E-state index in [1.807, 2.05) is 12.1 Å². The Bertz CT molecular complexity index is 1170. The van der Waals surface area contributed by atoms with Crippen LogP contribution >= 0.6 is 35.0 Å². The van der Waals surface area contributed by atoms with Crippen LogP contribution in [-0.4, -0.2) is 35.9 Å². The van der Waals surface area contributed by atoms with Crippen molar-refractivity contribution in [1.82, 2.24) is 35.3 Å². The summed E-state index contributed by atoms with van der Waals surface area (Å²) in [5.74, 6) is 0.0138. The van der Waals surface area contributed by atoms with E-state index in [0.29, 0.717) is 38.9 Å². The Balaban J connectivity index is 1.63. The minimum Gasteiger partial charge on any atom is -0.347 e. The first-order chi connectivity index (χ1) is 15.1. The summed E-state index contributed by atoms with van der Waals surface area (Å²) in [6.07, 6.45) is 6.65. The molecule has 0 aliphatic rings. The number of hydrogen-bond acceptors (Lipinski definition) is 7. The van der Waals surface area contributed by atoms with Gasteiger partial charge in [0.2, 0.25) is 0 Å². The number of carbonyl (C=O) groups is 1. The molecule has 11 heteroatoms. The second kappa shape index (κ2) is 9.86. The lowest BCUT2D eigenvalue weighted by molar-refractivity contribution is 0.0945. The highest BCUT2D eigenvalue weighted by Crippen LogP contribution is 2.26. The second-order valence-electron chi connectivity index (χ2n) is 6.28. The molecule has 1 aromatic carbocycles. The van der Waals surface area contributed by atoms with Gasteiger partial charge in [-0.25, -0.2) is 14.6 Å². The fraction of sp³-hybridized carbons (Fsp3) is 0.100. The first kappa shape index (κ1) is 21.2. The molecule has 156 valence electrons. The number of aromatic nitrogens is 6. The molecule has 31 heavy (non-hydrogen) atoms. The third kappa shape index (κ3) is 5.38. The summed E-state index contributed by atoms with van der Waals surface area (Å²) in [5, 5.41) is 12.6. The summed E-state index contributed by atoms with van der Waals surface area (Å²) < 4.78 is 1.55. The number of amides is 1. The number of pyridine rings is 1. The van der Waals surface area contributed by atoms with Gasteiger partial charge in [-0.15, -0.1) is 5.10 Å². The maximum Gasteiger partial charge on any atom is 0.274 e. The highest BCUT2D eigenvalue weighted by atomic mass is 35.5. The van der Waals surface area contributed by atoms with Crippen molar-refractivity contribution < 1.29 is 4.79 Å². The van der Waals surface area contributed by atoms with Crippen LogP contribution in [0.15, 0.2) is 66.3 Å². The Hall–Kier alpha value is -3.01. The Labute approximate surface area is 192 Å². The molecule has 4 rings (SSSR count). The maximum atomic E-state index is 12.9. The van der Waals surface area contributed by atoms with Crippen molar-refractivity contribution >= 4 is 40.9 Å². The number of rotatable bonds is 7. The Morgan fingerprint density at radius 3 is 2.45 bits per heavy atom. The zero-order valence-corrected chi connectivity index (χ0v) is 18.3. The van der Waals surface area contributed by atoms with Crippen molar-refractivity contribution in [3.63, 3.8) is 0 Å². The molecule has 0 unspecified atom stereocenters.